The van der Waals surface area contributed by atoms with Gasteiger partial charge in [0.05, 0.1) is 0 Å². The first-order valence-electron chi connectivity index (χ1n) is 7.04. The number of benzene rings is 2. The van der Waals surface area contributed by atoms with Crippen LogP contribution in [0.4, 0.5) is 0 Å². The van der Waals surface area contributed by atoms with Crippen molar-refractivity contribution in [1.82, 2.24) is 17.5 Å². The SMILES string of the molecule is O=c1c2cnn(-c3ccccc3)c2ncn1[I-]c1ccccc1. The van der Waals surface area contributed by atoms with Crippen LogP contribution in [0.5, 0.6) is 0 Å². The molecule has 0 N–H and O–H groups in total. The number of halogens is 1. The fraction of sp³-hybridized carbons (Fsp3) is 0. The molecule has 4 aromatic rings. The predicted octanol–water partition coefficient (Wildman–Crippen LogP) is -0.696. The summed E-state index contributed by atoms with van der Waals surface area (Å²) in [4.78, 5) is 17.1. The third-order valence-electron chi connectivity index (χ3n) is 3.37. The molecule has 0 saturated carbocycles. The molecule has 0 saturated heterocycles. The van der Waals surface area contributed by atoms with E-state index in [1.807, 2.05) is 60.7 Å². The van der Waals surface area contributed by atoms with E-state index in [0.717, 1.165) is 5.69 Å². The summed E-state index contributed by atoms with van der Waals surface area (Å²) in [7, 11) is 0. The molecule has 0 radical (unpaired) electrons. The van der Waals surface area contributed by atoms with Gasteiger partial charge in [-0.15, -0.1) is 0 Å². The van der Waals surface area contributed by atoms with E-state index in [0.29, 0.717) is 11.0 Å². The fourth-order valence-electron chi connectivity index (χ4n) is 2.28. The third kappa shape index (κ3) is 2.65. The number of aromatic nitrogens is 4. The van der Waals surface area contributed by atoms with Crippen molar-refractivity contribution in [3.63, 3.8) is 0 Å². The average Bonchev–Trinajstić information content (AvgIpc) is 3.04. The molecule has 0 amide bonds. The molecule has 0 unspecified atom stereocenters. The number of rotatable bonds is 3. The minimum atomic E-state index is -0.609. The molecule has 2 aromatic carbocycles. The van der Waals surface area contributed by atoms with Crippen LogP contribution in [-0.4, -0.2) is 17.5 Å². The second-order valence-corrected chi connectivity index (χ2v) is 7.64. The molecule has 0 aliphatic carbocycles. The van der Waals surface area contributed by atoms with Crippen molar-refractivity contribution in [3.05, 3.63) is 87.1 Å². The first-order valence-corrected chi connectivity index (χ1v) is 9.08. The topological polar surface area (TPSA) is 52.7 Å². The van der Waals surface area contributed by atoms with Gasteiger partial charge in [-0.1, -0.05) is 0 Å². The van der Waals surface area contributed by atoms with Gasteiger partial charge in [0.1, 0.15) is 0 Å². The molecule has 0 aliphatic heterocycles. The van der Waals surface area contributed by atoms with Gasteiger partial charge in [0.2, 0.25) is 0 Å². The molecule has 0 fully saturated rings. The summed E-state index contributed by atoms with van der Waals surface area (Å²) < 4.78 is 4.58. The van der Waals surface area contributed by atoms with E-state index >= 15 is 0 Å². The molecular weight excluding hydrogens is 403 g/mol. The second kappa shape index (κ2) is 5.96. The molecule has 2 heterocycles. The second-order valence-electron chi connectivity index (χ2n) is 4.87. The maximum absolute atomic E-state index is 12.7. The summed E-state index contributed by atoms with van der Waals surface area (Å²) in [5, 5.41) is 4.88. The zero-order chi connectivity index (χ0) is 15.6. The molecule has 5 nitrogen and oxygen atoms in total. The van der Waals surface area contributed by atoms with Crippen molar-refractivity contribution < 1.29 is 21.5 Å². The summed E-state index contributed by atoms with van der Waals surface area (Å²) >= 11 is -0.609. The predicted molar refractivity (Wildman–Crippen MR) is 83.7 cm³/mol. The van der Waals surface area contributed by atoms with Gasteiger partial charge in [-0.25, -0.2) is 0 Å². The number of para-hydroxylation sites is 1. The van der Waals surface area contributed by atoms with Crippen LogP contribution in [-0.2, 0) is 0 Å². The zero-order valence-electron chi connectivity index (χ0n) is 12.0. The van der Waals surface area contributed by atoms with E-state index in [1.165, 1.54) is 3.57 Å². The Labute approximate surface area is 142 Å². The Balaban J connectivity index is 1.80. The maximum atomic E-state index is 12.7. The van der Waals surface area contributed by atoms with Gasteiger partial charge in [0.25, 0.3) is 0 Å². The summed E-state index contributed by atoms with van der Waals surface area (Å²) in [6.45, 7) is 0. The Morgan fingerprint density at radius 2 is 1.61 bits per heavy atom. The van der Waals surface area contributed by atoms with Crippen LogP contribution < -0.4 is 27.0 Å². The Hall–Kier alpha value is -2.48. The van der Waals surface area contributed by atoms with Crippen molar-refractivity contribution >= 4 is 11.0 Å². The van der Waals surface area contributed by atoms with Crippen LogP contribution in [0.25, 0.3) is 16.7 Å². The van der Waals surface area contributed by atoms with Gasteiger partial charge in [0.15, 0.2) is 0 Å². The number of nitrogens with zero attached hydrogens (tertiary/aromatic N) is 4. The molecule has 0 bridgehead atoms. The van der Waals surface area contributed by atoms with Crippen LogP contribution in [0.1, 0.15) is 0 Å². The first-order chi connectivity index (χ1) is 11.3. The van der Waals surface area contributed by atoms with E-state index in [-0.39, 0.29) is 5.56 Å². The normalized spacial score (nSPS) is 11.1. The van der Waals surface area contributed by atoms with Gasteiger partial charge in [-0.2, -0.15) is 0 Å². The standard InChI is InChI=1S/C17H12IN4O/c23-17-15-11-20-22(14-9-5-2-6-10-14)16(15)19-12-21(17)18-13-7-3-1-4-8-13/h1-12H/q-1. The number of fused-ring (bicyclic) bond motifs is 1. The van der Waals surface area contributed by atoms with Gasteiger partial charge >= 0.3 is 143 Å². The quantitative estimate of drug-likeness (QED) is 0.417. The number of hydrogen-bond acceptors (Lipinski definition) is 3. The van der Waals surface area contributed by atoms with Gasteiger partial charge in [-0.3, -0.25) is 0 Å². The van der Waals surface area contributed by atoms with E-state index in [1.54, 1.807) is 20.0 Å². The summed E-state index contributed by atoms with van der Waals surface area (Å²) in [6, 6.07) is 19.7. The molecule has 0 aliphatic rings. The Kier molecular flexibility index (Phi) is 3.66. The van der Waals surface area contributed by atoms with E-state index in [9.17, 15) is 4.79 Å². The van der Waals surface area contributed by atoms with E-state index < -0.39 is 21.5 Å². The molecule has 6 heteroatoms. The van der Waals surface area contributed by atoms with Crippen LogP contribution >= 0.6 is 0 Å². The number of hydrogen-bond donors (Lipinski definition) is 0. The van der Waals surface area contributed by atoms with Crippen LogP contribution in [0, 0.1) is 3.57 Å². The van der Waals surface area contributed by atoms with Crippen LogP contribution in [0.15, 0.2) is 78.0 Å². The Bertz CT molecular complexity index is 1010. The van der Waals surface area contributed by atoms with E-state index in [4.69, 9.17) is 0 Å². The van der Waals surface area contributed by atoms with Gasteiger partial charge in [0, 0.05) is 0 Å². The average molecular weight is 415 g/mol. The summed E-state index contributed by atoms with van der Waals surface area (Å²) in [6.07, 6.45) is 3.23. The molecule has 114 valence electrons. The molecule has 0 atom stereocenters. The van der Waals surface area contributed by atoms with Crippen molar-refractivity contribution in [2.24, 2.45) is 0 Å². The van der Waals surface area contributed by atoms with Crippen molar-refractivity contribution in [3.8, 4) is 5.69 Å². The van der Waals surface area contributed by atoms with Crippen molar-refractivity contribution in [1.29, 1.82) is 0 Å². The van der Waals surface area contributed by atoms with Crippen molar-refractivity contribution in [2.45, 2.75) is 0 Å². The molecule has 0 spiro atoms. The zero-order valence-corrected chi connectivity index (χ0v) is 14.2. The van der Waals surface area contributed by atoms with Crippen molar-refractivity contribution in [2.75, 3.05) is 0 Å². The van der Waals surface area contributed by atoms with Gasteiger partial charge in [-0.05, 0) is 0 Å². The van der Waals surface area contributed by atoms with E-state index in [2.05, 4.69) is 10.1 Å². The summed E-state index contributed by atoms with van der Waals surface area (Å²) in [5.41, 5.74) is 1.45. The molecule has 4 rings (SSSR count). The monoisotopic (exact) mass is 415 g/mol. The van der Waals surface area contributed by atoms with Crippen LogP contribution in [0.2, 0.25) is 0 Å². The first kappa shape index (κ1) is 14.1. The third-order valence-corrected chi connectivity index (χ3v) is 5.86. The fourth-order valence-corrected chi connectivity index (χ4v) is 4.35. The Morgan fingerprint density at radius 3 is 2.35 bits per heavy atom. The minimum absolute atomic E-state index is 0.0335. The Morgan fingerprint density at radius 1 is 0.913 bits per heavy atom. The summed E-state index contributed by atoms with van der Waals surface area (Å²) in [5.74, 6) is 0. The van der Waals surface area contributed by atoms with Crippen LogP contribution in [0.3, 0.4) is 0 Å². The molecule has 23 heavy (non-hydrogen) atoms. The molecule has 2 aromatic heterocycles. The van der Waals surface area contributed by atoms with Gasteiger partial charge < -0.3 is 0 Å². The molecular formula is C17H12IN4O-.